The second-order valence-electron chi connectivity index (χ2n) is 9.22. The van der Waals surface area contributed by atoms with Gasteiger partial charge in [-0.15, -0.1) is 0 Å². The number of aromatic nitrogens is 2. The summed E-state index contributed by atoms with van der Waals surface area (Å²) in [5.74, 6) is -1.28. The van der Waals surface area contributed by atoms with Gasteiger partial charge < -0.3 is 15.5 Å². The van der Waals surface area contributed by atoms with Crippen LogP contribution in [-0.2, 0) is 21.2 Å². The van der Waals surface area contributed by atoms with Crippen molar-refractivity contribution in [1.29, 1.82) is 0 Å². The van der Waals surface area contributed by atoms with Gasteiger partial charge in [-0.1, -0.05) is 12.1 Å². The van der Waals surface area contributed by atoms with E-state index in [1.807, 2.05) is 0 Å². The number of rotatable bonds is 10. The molecule has 34 heavy (non-hydrogen) atoms. The van der Waals surface area contributed by atoms with Gasteiger partial charge in [0.1, 0.15) is 12.3 Å². The van der Waals surface area contributed by atoms with Gasteiger partial charge in [-0.3, -0.25) is 9.48 Å². The van der Waals surface area contributed by atoms with Crippen molar-refractivity contribution in [2.24, 2.45) is 5.92 Å². The number of aliphatic hydroxyl groups excluding tert-OH is 2. The molecular formula is C23H29F2N3O5S. The van der Waals surface area contributed by atoms with Gasteiger partial charge in [0.2, 0.25) is 5.91 Å². The number of amides is 1. The summed E-state index contributed by atoms with van der Waals surface area (Å²) in [6.07, 6.45) is -0.973. The lowest BCUT2D eigenvalue weighted by Gasteiger charge is -2.20. The quantitative estimate of drug-likeness (QED) is 0.463. The van der Waals surface area contributed by atoms with Crippen molar-refractivity contribution in [1.82, 2.24) is 9.78 Å². The number of halogens is 2. The topological polar surface area (TPSA) is 122 Å². The average Bonchev–Trinajstić information content (AvgIpc) is 3.52. The van der Waals surface area contributed by atoms with Gasteiger partial charge in [0.15, 0.2) is 15.7 Å². The number of anilines is 1. The van der Waals surface area contributed by atoms with Gasteiger partial charge >= 0.3 is 0 Å². The fourth-order valence-corrected chi connectivity index (χ4v) is 6.08. The van der Waals surface area contributed by atoms with E-state index in [1.54, 1.807) is 18.3 Å². The Kier molecular flexibility index (Phi) is 7.34. The molecule has 8 nitrogen and oxygen atoms in total. The largest absolute Gasteiger partial charge is 0.394 e. The van der Waals surface area contributed by atoms with Crippen LogP contribution in [0.2, 0.25) is 0 Å². The van der Waals surface area contributed by atoms with E-state index in [4.69, 9.17) is 5.11 Å². The first-order valence-corrected chi connectivity index (χ1v) is 13.0. The van der Waals surface area contributed by atoms with Crippen molar-refractivity contribution >= 4 is 21.6 Å². The molecule has 1 aromatic heterocycles. The summed E-state index contributed by atoms with van der Waals surface area (Å²) < 4.78 is 53.9. The molecule has 2 aliphatic rings. The van der Waals surface area contributed by atoms with Crippen LogP contribution in [0.1, 0.15) is 43.6 Å². The Morgan fingerprint density at radius 1 is 1.15 bits per heavy atom. The Hall–Kier alpha value is -2.37. The molecule has 2 fully saturated rings. The summed E-state index contributed by atoms with van der Waals surface area (Å²) >= 11 is 0. The number of nitrogens with zero attached hydrogens (tertiary/aromatic N) is 2. The van der Waals surface area contributed by atoms with Crippen molar-refractivity contribution < 1.29 is 32.2 Å². The number of carbonyl (C=O) groups excluding carboxylic acids is 1. The van der Waals surface area contributed by atoms with Crippen LogP contribution in [0, 0.1) is 5.92 Å². The number of hydrogen-bond donors (Lipinski definition) is 3. The smallest absolute Gasteiger partial charge is 0.233 e. The summed E-state index contributed by atoms with van der Waals surface area (Å²) in [4.78, 5) is 13.4. The number of alkyl halides is 2. The van der Waals surface area contributed by atoms with E-state index in [1.165, 1.54) is 22.9 Å². The highest BCUT2D eigenvalue weighted by Crippen LogP contribution is 2.39. The van der Waals surface area contributed by atoms with Crippen LogP contribution in [0.5, 0.6) is 0 Å². The van der Waals surface area contributed by atoms with Gasteiger partial charge in [-0.05, 0) is 55.7 Å². The predicted molar refractivity (Wildman–Crippen MR) is 120 cm³/mol. The van der Waals surface area contributed by atoms with Crippen LogP contribution < -0.4 is 5.32 Å². The Bertz CT molecular complexity index is 1090. The molecule has 2 aliphatic carbocycles. The normalized spacial score (nSPS) is 24.6. The third-order valence-electron chi connectivity index (χ3n) is 6.47. The number of benzene rings is 1. The number of aliphatic hydroxyl groups is 2. The first-order chi connectivity index (χ1) is 16.2. The number of sulfone groups is 1. The van der Waals surface area contributed by atoms with E-state index in [0.29, 0.717) is 18.4 Å². The predicted octanol–water partition coefficient (Wildman–Crippen LogP) is 2.37. The van der Waals surface area contributed by atoms with Crippen molar-refractivity contribution in [2.45, 2.75) is 73.2 Å². The molecule has 0 bridgehead atoms. The Morgan fingerprint density at radius 3 is 2.38 bits per heavy atom. The van der Waals surface area contributed by atoms with E-state index >= 15 is 0 Å². The second-order valence-corrected chi connectivity index (χ2v) is 11.4. The third-order valence-corrected chi connectivity index (χ3v) is 8.75. The second kappa shape index (κ2) is 10.1. The molecule has 3 N–H and O–H groups in total. The summed E-state index contributed by atoms with van der Waals surface area (Å²) in [5.41, 5.74) is 0.556. The Balaban J connectivity index is 1.52. The van der Waals surface area contributed by atoms with Crippen molar-refractivity contribution in [3.05, 3.63) is 42.1 Å². The summed E-state index contributed by atoms with van der Waals surface area (Å²) in [7, 11) is -3.37. The monoisotopic (exact) mass is 497 g/mol. The van der Waals surface area contributed by atoms with Crippen LogP contribution in [0.25, 0.3) is 0 Å². The molecule has 0 spiro atoms. The van der Waals surface area contributed by atoms with Gasteiger partial charge in [0.25, 0.3) is 0 Å². The highest BCUT2D eigenvalue weighted by molar-refractivity contribution is 7.92. The number of carbonyl (C=O) groups is 1. The van der Waals surface area contributed by atoms with E-state index in [2.05, 4.69) is 10.4 Å². The zero-order valence-electron chi connectivity index (χ0n) is 18.6. The van der Waals surface area contributed by atoms with Crippen molar-refractivity contribution in [3.8, 4) is 0 Å². The maximum atomic E-state index is 13.8. The lowest BCUT2D eigenvalue weighted by Crippen LogP contribution is -2.24. The molecule has 4 rings (SSSR count). The summed E-state index contributed by atoms with van der Waals surface area (Å²) in [6, 6.07) is 7.68. The SMILES string of the molecule is O=C(Nc1ccn(C[C@@H](O)CO)n1)C(CC1C[C@@H](F)[C@@H](F)C1)c1ccc(S(=O)(=O)C2CC2)cc1. The maximum Gasteiger partial charge on any atom is 0.233 e. The van der Waals surface area contributed by atoms with Gasteiger partial charge in [-0.25, -0.2) is 17.2 Å². The Morgan fingerprint density at radius 2 is 1.79 bits per heavy atom. The standard InChI is InChI=1S/C23H29F2N3O5S/c24-20-10-14(11-21(20)25)9-19(15-1-3-17(4-2-15)34(32,33)18-5-6-18)23(31)26-22-7-8-28(27-22)12-16(30)13-29/h1-4,7-8,14,16,18-21,29-30H,5-6,9-13H2,(H,26,27,31)/t14?,16-,19?,20-,21+/m1/s1. The minimum atomic E-state index is -3.37. The first-order valence-electron chi connectivity index (χ1n) is 11.4. The molecule has 1 aromatic carbocycles. The van der Waals surface area contributed by atoms with Crippen molar-refractivity contribution in [3.63, 3.8) is 0 Å². The molecule has 186 valence electrons. The third kappa shape index (κ3) is 5.64. The van der Waals surface area contributed by atoms with Crippen LogP contribution in [0.4, 0.5) is 14.6 Å². The number of hydrogen-bond acceptors (Lipinski definition) is 6. The first kappa shape index (κ1) is 24.7. The lowest BCUT2D eigenvalue weighted by atomic mass is 9.87. The molecule has 1 amide bonds. The molecule has 1 heterocycles. The van der Waals surface area contributed by atoms with Crippen LogP contribution in [0.3, 0.4) is 0 Å². The van der Waals surface area contributed by atoms with E-state index in [0.717, 1.165) is 0 Å². The van der Waals surface area contributed by atoms with Gasteiger partial charge in [0, 0.05) is 12.3 Å². The Labute approximate surface area is 196 Å². The van der Waals surface area contributed by atoms with Crippen LogP contribution in [-0.4, -0.2) is 64.6 Å². The van der Waals surface area contributed by atoms with Crippen molar-refractivity contribution in [2.75, 3.05) is 11.9 Å². The number of nitrogens with one attached hydrogen (secondary N) is 1. The van der Waals surface area contributed by atoms with Crippen LogP contribution >= 0.6 is 0 Å². The van der Waals surface area contributed by atoms with Gasteiger partial charge in [-0.2, -0.15) is 5.10 Å². The fourth-order valence-electron chi connectivity index (χ4n) is 4.43. The minimum Gasteiger partial charge on any atom is -0.394 e. The van der Waals surface area contributed by atoms with E-state index in [-0.39, 0.29) is 47.7 Å². The molecule has 2 aromatic rings. The van der Waals surface area contributed by atoms with Gasteiger partial charge in [0.05, 0.1) is 35.3 Å². The summed E-state index contributed by atoms with van der Waals surface area (Å²) in [5, 5.41) is 25.0. The minimum absolute atomic E-state index is 0.0345. The highest BCUT2D eigenvalue weighted by Gasteiger charge is 2.38. The van der Waals surface area contributed by atoms with Crippen LogP contribution in [0.15, 0.2) is 41.4 Å². The molecule has 5 atom stereocenters. The molecule has 0 aliphatic heterocycles. The highest BCUT2D eigenvalue weighted by atomic mass is 32.2. The average molecular weight is 498 g/mol. The fraction of sp³-hybridized carbons (Fsp3) is 0.565. The maximum absolute atomic E-state index is 13.8. The zero-order valence-corrected chi connectivity index (χ0v) is 19.4. The molecular weight excluding hydrogens is 468 g/mol. The summed E-state index contributed by atoms with van der Waals surface area (Å²) in [6.45, 7) is -0.382. The molecule has 2 unspecified atom stereocenters. The molecule has 0 radical (unpaired) electrons. The lowest BCUT2D eigenvalue weighted by molar-refractivity contribution is -0.118. The molecule has 2 saturated carbocycles. The zero-order chi connectivity index (χ0) is 24.5. The molecule has 0 saturated heterocycles. The van der Waals surface area contributed by atoms with E-state index in [9.17, 15) is 27.1 Å². The van der Waals surface area contributed by atoms with E-state index < -0.39 is 46.7 Å². The molecule has 11 heteroatoms.